The van der Waals surface area contributed by atoms with Gasteiger partial charge in [0.05, 0.1) is 11.4 Å². The molecule has 0 unspecified atom stereocenters. The number of phenolic OH excluding ortho intramolecular Hbond substituents is 1. The van der Waals surface area contributed by atoms with Crippen LogP contribution in [0.2, 0.25) is 0 Å². The minimum Gasteiger partial charge on any atom is -0.508 e. The van der Waals surface area contributed by atoms with Gasteiger partial charge in [-0.05, 0) is 36.4 Å². The molecule has 0 aromatic heterocycles. The van der Waals surface area contributed by atoms with Gasteiger partial charge in [0, 0.05) is 6.92 Å². The third kappa shape index (κ3) is 3.69. The van der Waals surface area contributed by atoms with Crippen LogP contribution < -0.4 is 10.3 Å². The molecule has 3 rings (SSSR count). The number of phenols is 1. The van der Waals surface area contributed by atoms with Crippen molar-refractivity contribution in [2.45, 2.75) is 13.0 Å². The maximum atomic E-state index is 12.6. The van der Waals surface area contributed by atoms with Gasteiger partial charge in [0.15, 0.2) is 5.84 Å². The van der Waals surface area contributed by atoms with Crippen LogP contribution in [0.5, 0.6) is 5.75 Å². The van der Waals surface area contributed by atoms with Gasteiger partial charge in [0.25, 0.3) is 5.91 Å². The Balaban J connectivity index is 1.88. The number of para-hydroxylation sites is 1. The van der Waals surface area contributed by atoms with Crippen molar-refractivity contribution in [2.75, 3.05) is 5.01 Å². The van der Waals surface area contributed by atoms with Crippen molar-refractivity contribution in [1.29, 1.82) is 0 Å². The molecular formula is C17H15N5O3. The smallest absolute Gasteiger partial charge is 0.282 e. The molecule has 2 aromatic carbocycles. The first-order valence-corrected chi connectivity index (χ1v) is 7.49. The number of anilines is 1. The maximum absolute atomic E-state index is 12.6. The molecule has 25 heavy (non-hydrogen) atoms. The highest BCUT2D eigenvalue weighted by Crippen LogP contribution is 2.23. The SMILES string of the molecule is CC(=O)NC1=NN(c2ccccc2)C(=O)[C@@H]1N=Nc1ccc(O)cc1. The van der Waals surface area contributed by atoms with E-state index in [0.717, 1.165) is 0 Å². The van der Waals surface area contributed by atoms with E-state index in [1.54, 1.807) is 36.4 Å². The number of amides is 2. The number of carbonyl (C=O) groups is 2. The molecule has 1 atom stereocenters. The quantitative estimate of drug-likeness (QED) is 0.839. The lowest BCUT2D eigenvalue weighted by atomic mass is 10.2. The van der Waals surface area contributed by atoms with Crippen LogP contribution >= 0.6 is 0 Å². The van der Waals surface area contributed by atoms with E-state index < -0.39 is 11.9 Å². The van der Waals surface area contributed by atoms with E-state index in [2.05, 4.69) is 20.6 Å². The van der Waals surface area contributed by atoms with Gasteiger partial charge in [-0.1, -0.05) is 18.2 Å². The highest BCUT2D eigenvalue weighted by atomic mass is 16.3. The average Bonchev–Trinajstić information content (AvgIpc) is 2.90. The Morgan fingerprint density at radius 3 is 2.48 bits per heavy atom. The van der Waals surface area contributed by atoms with E-state index >= 15 is 0 Å². The van der Waals surface area contributed by atoms with Gasteiger partial charge in [0.2, 0.25) is 11.9 Å². The molecular weight excluding hydrogens is 322 g/mol. The number of nitrogens with zero attached hydrogens (tertiary/aromatic N) is 4. The first kappa shape index (κ1) is 16.3. The fraction of sp³-hybridized carbons (Fsp3) is 0.118. The van der Waals surface area contributed by atoms with E-state index in [1.165, 1.54) is 24.1 Å². The van der Waals surface area contributed by atoms with Gasteiger partial charge < -0.3 is 10.4 Å². The van der Waals surface area contributed by atoms with Crippen molar-refractivity contribution >= 4 is 29.0 Å². The molecule has 2 amide bonds. The van der Waals surface area contributed by atoms with Crippen molar-refractivity contribution in [3.63, 3.8) is 0 Å². The Morgan fingerprint density at radius 1 is 1.16 bits per heavy atom. The van der Waals surface area contributed by atoms with Crippen LogP contribution in [-0.2, 0) is 9.59 Å². The summed E-state index contributed by atoms with van der Waals surface area (Å²) in [6.07, 6.45) is 0. The Morgan fingerprint density at radius 2 is 1.84 bits per heavy atom. The number of azo groups is 1. The fourth-order valence-electron chi connectivity index (χ4n) is 2.22. The predicted octanol–water partition coefficient (Wildman–Crippen LogP) is 2.34. The molecule has 0 saturated heterocycles. The van der Waals surface area contributed by atoms with Gasteiger partial charge in [0.1, 0.15) is 5.75 Å². The van der Waals surface area contributed by atoms with Gasteiger partial charge in [-0.15, -0.1) is 5.10 Å². The molecule has 0 bridgehead atoms. The van der Waals surface area contributed by atoms with E-state index in [-0.39, 0.29) is 17.5 Å². The van der Waals surface area contributed by atoms with Crippen molar-refractivity contribution in [3.05, 3.63) is 54.6 Å². The minimum atomic E-state index is -1.04. The summed E-state index contributed by atoms with van der Waals surface area (Å²) in [5.74, 6) is -0.556. The first-order chi connectivity index (χ1) is 12.0. The number of hydrogen-bond acceptors (Lipinski definition) is 6. The molecule has 0 fully saturated rings. The van der Waals surface area contributed by atoms with Crippen molar-refractivity contribution < 1.29 is 14.7 Å². The highest BCUT2D eigenvalue weighted by Gasteiger charge is 2.37. The number of benzene rings is 2. The zero-order chi connectivity index (χ0) is 17.8. The Bertz CT molecular complexity index is 846. The zero-order valence-corrected chi connectivity index (χ0v) is 13.3. The van der Waals surface area contributed by atoms with Crippen LogP contribution in [0, 0.1) is 0 Å². The first-order valence-electron chi connectivity index (χ1n) is 7.49. The Kier molecular flexibility index (Phi) is 4.51. The molecule has 0 aliphatic carbocycles. The largest absolute Gasteiger partial charge is 0.508 e. The predicted molar refractivity (Wildman–Crippen MR) is 91.6 cm³/mol. The minimum absolute atomic E-state index is 0.103. The van der Waals surface area contributed by atoms with Crippen LogP contribution in [0.4, 0.5) is 11.4 Å². The second-order valence-corrected chi connectivity index (χ2v) is 5.29. The van der Waals surface area contributed by atoms with Gasteiger partial charge in [-0.2, -0.15) is 15.2 Å². The van der Waals surface area contributed by atoms with E-state index in [1.807, 2.05) is 6.07 Å². The topological polar surface area (TPSA) is 107 Å². The lowest BCUT2D eigenvalue weighted by Gasteiger charge is -2.11. The van der Waals surface area contributed by atoms with Gasteiger partial charge >= 0.3 is 0 Å². The van der Waals surface area contributed by atoms with E-state index in [4.69, 9.17) is 0 Å². The molecule has 2 N–H and O–H groups in total. The number of hydrogen-bond donors (Lipinski definition) is 2. The lowest BCUT2D eigenvalue weighted by molar-refractivity contribution is -0.117. The summed E-state index contributed by atoms with van der Waals surface area (Å²) in [5.41, 5.74) is 1.03. The second kappa shape index (κ2) is 6.91. The molecule has 0 spiro atoms. The van der Waals surface area contributed by atoms with Crippen LogP contribution in [0.25, 0.3) is 0 Å². The maximum Gasteiger partial charge on any atom is 0.282 e. The zero-order valence-electron chi connectivity index (χ0n) is 13.3. The van der Waals surface area contributed by atoms with Crippen molar-refractivity contribution in [2.24, 2.45) is 15.3 Å². The Hall–Kier alpha value is -3.55. The summed E-state index contributed by atoms with van der Waals surface area (Å²) in [6.45, 7) is 1.33. The molecule has 8 nitrogen and oxygen atoms in total. The summed E-state index contributed by atoms with van der Waals surface area (Å²) in [4.78, 5) is 24.0. The molecule has 2 aromatic rings. The summed E-state index contributed by atoms with van der Waals surface area (Å²) in [7, 11) is 0. The number of amidine groups is 1. The number of hydrazone groups is 1. The molecule has 0 radical (unpaired) electrons. The number of aromatic hydroxyl groups is 1. The van der Waals surface area contributed by atoms with Crippen LogP contribution in [0.1, 0.15) is 6.92 Å². The molecule has 126 valence electrons. The van der Waals surface area contributed by atoms with Gasteiger partial charge in [-0.25, -0.2) is 0 Å². The number of rotatable bonds is 3. The normalized spacial score (nSPS) is 17.0. The van der Waals surface area contributed by atoms with Gasteiger partial charge in [-0.3, -0.25) is 9.59 Å². The van der Waals surface area contributed by atoms with Crippen molar-refractivity contribution in [3.8, 4) is 5.75 Å². The summed E-state index contributed by atoms with van der Waals surface area (Å²) in [6, 6.07) is 13.8. The highest BCUT2D eigenvalue weighted by molar-refractivity contribution is 6.21. The fourth-order valence-corrected chi connectivity index (χ4v) is 2.22. The van der Waals surface area contributed by atoms with E-state index in [9.17, 15) is 14.7 Å². The summed E-state index contributed by atoms with van der Waals surface area (Å²) >= 11 is 0. The lowest BCUT2D eigenvalue weighted by Crippen LogP contribution is -2.38. The second-order valence-electron chi connectivity index (χ2n) is 5.29. The number of nitrogens with one attached hydrogen (secondary N) is 1. The van der Waals surface area contributed by atoms with Crippen molar-refractivity contribution in [1.82, 2.24) is 5.32 Å². The van der Waals surface area contributed by atoms with Crippen LogP contribution in [0.3, 0.4) is 0 Å². The molecule has 8 heteroatoms. The third-order valence-corrected chi connectivity index (χ3v) is 3.35. The molecule has 1 aliphatic rings. The van der Waals surface area contributed by atoms with E-state index in [0.29, 0.717) is 11.4 Å². The summed E-state index contributed by atoms with van der Waals surface area (Å²) < 4.78 is 0. The number of carbonyl (C=O) groups excluding carboxylic acids is 2. The molecule has 1 heterocycles. The Labute approximate surface area is 143 Å². The molecule has 1 aliphatic heterocycles. The summed E-state index contributed by atoms with van der Waals surface area (Å²) in [5, 5.41) is 25.2. The van der Waals surface area contributed by atoms with Crippen LogP contribution in [0.15, 0.2) is 69.9 Å². The monoisotopic (exact) mass is 337 g/mol. The third-order valence-electron chi connectivity index (χ3n) is 3.35. The molecule has 0 saturated carbocycles. The van der Waals surface area contributed by atoms with Crippen LogP contribution in [-0.4, -0.2) is 28.8 Å². The standard InChI is InChI=1S/C17H15N5O3/c1-11(23)18-16-15(20-19-12-7-9-14(24)10-8-12)17(25)22(21-16)13-5-3-2-4-6-13/h2-10,15,24H,1H3,(H,18,21,23)/t15-/m1/s1. The average molecular weight is 337 g/mol.